The van der Waals surface area contributed by atoms with Crippen molar-refractivity contribution in [1.29, 1.82) is 0 Å². The smallest absolute Gasteiger partial charge is 0.148 e. The standard InChI is InChI=1S/C13H18N4/c1-9-5-6-12(8-14-4)7-13(9)17-11(3)15-10(2)16-17/h5-7,14H,8H2,1-4H3. The SMILES string of the molecule is CNCc1ccc(C)c(-n2nc(C)nc2C)c1. The molecular formula is C13H18N4. The number of nitrogens with one attached hydrogen (secondary N) is 1. The summed E-state index contributed by atoms with van der Waals surface area (Å²) in [5.41, 5.74) is 3.56. The molecular weight excluding hydrogens is 212 g/mol. The van der Waals surface area contributed by atoms with Gasteiger partial charge in [0.15, 0.2) is 0 Å². The molecule has 0 fully saturated rings. The number of benzene rings is 1. The Bertz CT molecular complexity index is 528. The lowest BCUT2D eigenvalue weighted by Crippen LogP contribution is -2.07. The third-order valence-electron chi connectivity index (χ3n) is 2.76. The molecule has 0 unspecified atom stereocenters. The number of nitrogens with zero attached hydrogens (tertiary/aromatic N) is 3. The Morgan fingerprint density at radius 2 is 2.00 bits per heavy atom. The van der Waals surface area contributed by atoms with Crippen molar-refractivity contribution in [2.24, 2.45) is 0 Å². The van der Waals surface area contributed by atoms with Crippen molar-refractivity contribution in [3.05, 3.63) is 41.0 Å². The van der Waals surface area contributed by atoms with Crippen LogP contribution in [0, 0.1) is 20.8 Å². The molecule has 0 aliphatic carbocycles. The molecule has 0 bridgehead atoms. The van der Waals surface area contributed by atoms with Gasteiger partial charge in [0.1, 0.15) is 11.6 Å². The van der Waals surface area contributed by atoms with Crippen molar-refractivity contribution in [1.82, 2.24) is 20.1 Å². The quantitative estimate of drug-likeness (QED) is 0.876. The average Bonchev–Trinajstić information content (AvgIpc) is 2.61. The Labute approximate surface area is 102 Å². The highest BCUT2D eigenvalue weighted by Gasteiger charge is 2.08. The number of aromatic nitrogens is 3. The van der Waals surface area contributed by atoms with Crippen LogP contribution in [0.2, 0.25) is 0 Å². The minimum atomic E-state index is 0.806. The Morgan fingerprint density at radius 1 is 1.24 bits per heavy atom. The zero-order chi connectivity index (χ0) is 12.4. The summed E-state index contributed by atoms with van der Waals surface area (Å²) in [6.07, 6.45) is 0. The molecule has 2 aromatic rings. The molecule has 4 nitrogen and oxygen atoms in total. The fourth-order valence-electron chi connectivity index (χ4n) is 1.95. The van der Waals surface area contributed by atoms with Crippen LogP contribution in [0.1, 0.15) is 22.8 Å². The molecule has 1 aromatic heterocycles. The van der Waals surface area contributed by atoms with Crippen LogP contribution in [0.5, 0.6) is 0 Å². The van der Waals surface area contributed by atoms with Gasteiger partial charge in [-0.15, -0.1) is 0 Å². The first-order valence-corrected chi connectivity index (χ1v) is 5.76. The van der Waals surface area contributed by atoms with E-state index in [0.717, 1.165) is 23.9 Å². The number of rotatable bonds is 3. The number of hydrogen-bond donors (Lipinski definition) is 1. The minimum Gasteiger partial charge on any atom is -0.316 e. The van der Waals surface area contributed by atoms with Crippen molar-refractivity contribution >= 4 is 0 Å². The summed E-state index contributed by atoms with van der Waals surface area (Å²) in [5, 5.41) is 7.58. The molecule has 2 rings (SSSR count). The van der Waals surface area contributed by atoms with Gasteiger partial charge in [-0.1, -0.05) is 12.1 Å². The largest absolute Gasteiger partial charge is 0.316 e. The van der Waals surface area contributed by atoms with Crippen LogP contribution in [0.25, 0.3) is 5.69 Å². The summed E-state index contributed by atoms with van der Waals surface area (Å²) < 4.78 is 1.91. The van der Waals surface area contributed by atoms with E-state index in [9.17, 15) is 0 Å². The second kappa shape index (κ2) is 4.67. The second-order valence-electron chi connectivity index (χ2n) is 4.27. The molecule has 0 aliphatic heterocycles. The highest BCUT2D eigenvalue weighted by atomic mass is 15.3. The summed E-state index contributed by atoms with van der Waals surface area (Å²) in [7, 11) is 1.95. The van der Waals surface area contributed by atoms with Crippen molar-refractivity contribution in [3.8, 4) is 5.69 Å². The van der Waals surface area contributed by atoms with Gasteiger partial charge in [-0.3, -0.25) is 0 Å². The molecule has 17 heavy (non-hydrogen) atoms. The van der Waals surface area contributed by atoms with Crippen LogP contribution in [0.4, 0.5) is 0 Å². The Hall–Kier alpha value is -1.68. The third kappa shape index (κ3) is 2.36. The molecule has 0 spiro atoms. The number of hydrogen-bond acceptors (Lipinski definition) is 3. The molecule has 0 saturated carbocycles. The predicted octanol–water partition coefficient (Wildman–Crippen LogP) is 1.91. The highest BCUT2D eigenvalue weighted by Crippen LogP contribution is 2.17. The molecule has 0 radical (unpaired) electrons. The van der Waals surface area contributed by atoms with Crippen molar-refractivity contribution in [2.45, 2.75) is 27.3 Å². The summed E-state index contributed by atoms with van der Waals surface area (Å²) in [5.74, 6) is 1.73. The molecule has 0 saturated heterocycles. The van der Waals surface area contributed by atoms with Crippen LogP contribution in [0.3, 0.4) is 0 Å². The summed E-state index contributed by atoms with van der Waals surface area (Å²) in [6, 6.07) is 6.42. The lowest BCUT2D eigenvalue weighted by molar-refractivity contribution is 0.799. The predicted molar refractivity (Wildman–Crippen MR) is 68.3 cm³/mol. The molecule has 0 atom stereocenters. The van der Waals surface area contributed by atoms with Gasteiger partial charge in [-0.25, -0.2) is 9.67 Å². The molecule has 1 heterocycles. The fourth-order valence-corrected chi connectivity index (χ4v) is 1.95. The van der Waals surface area contributed by atoms with E-state index in [-0.39, 0.29) is 0 Å². The van der Waals surface area contributed by atoms with Gasteiger partial charge >= 0.3 is 0 Å². The number of aryl methyl sites for hydroxylation is 3. The second-order valence-corrected chi connectivity index (χ2v) is 4.27. The maximum absolute atomic E-state index is 4.43. The highest BCUT2D eigenvalue weighted by molar-refractivity contribution is 5.43. The first-order chi connectivity index (χ1) is 8.11. The zero-order valence-corrected chi connectivity index (χ0v) is 10.8. The Kier molecular flexibility index (Phi) is 3.24. The van der Waals surface area contributed by atoms with Crippen LogP contribution < -0.4 is 5.32 Å². The van der Waals surface area contributed by atoms with Crippen LogP contribution in [-0.4, -0.2) is 21.8 Å². The van der Waals surface area contributed by atoms with Gasteiger partial charge in [0.05, 0.1) is 5.69 Å². The van der Waals surface area contributed by atoms with Crippen molar-refractivity contribution in [2.75, 3.05) is 7.05 Å². The van der Waals surface area contributed by atoms with Gasteiger partial charge < -0.3 is 5.32 Å². The summed E-state index contributed by atoms with van der Waals surface area (Å²) >= 11 is 0. The van der Waals surface area contributed by atoms with E-state index < -0.39 is 0 Å². The Balaban J connectivity index is 2.50. The van der Waals surface area contributed by atoms with E-state index in [4.69, 9.17) is 0 Å². The molecule has 1 N–H and O–H groups in total. The van der Waals surface area contributed by atoms with Crippen LogP contribution in [-0.2, 0) is 6.54 Å². The normalized spacial score (nSPS) is 10.8. The maximum atomic E-state index is 4.43. The molecule has 90 valence electrons. The van der Waals surface area contributed by atoms with Gasteiger partial charge in [-0.05, 0) is 45.0 Å². The van der Waals surface area contributed by atoms with Crippen LogP contribution >= 0.6 is 0 Å². The van der Waals surface area contributed by atoms with E-state index in [1.54, 1.807) is 0 Å². The van der Waals surface area contributed by atoms with E-state index in [2.05, 4.69) is 40.5 Å². The van der Waals surface area contributed by atoms with Crippen molar-refractivity contribution in [3.63, 3.8) is 0 Å². The van der Waals surface area contributed by atoms with Gasteiger partial charge in [0.2, 0.25) is 0 Å². The maximum Gasteiger partial charge on any atom is 0.148 e. The summed E-state index contributed by atoms with van der Waals surface area (Å²) in [6.45, 7) is 6.84. The van der Waals surface area contributed by atoms with E-state index in [1.165, 1.54) is 11.1 Å². The van der Waals surface area contributed by atoms with Gasteiger partial charge in [0, 0.05) is 6.54 Å². The first-order valence-electron chi connectivity index (χ1n) is 5.76. The van der Waals surface area contributed by atoms with E-state index >= 15 is 0 Å². The molecule has 0 aliphatic rings. The van der Waals surface area contributed by atoms with Gasteiger partial charge in [0.25, 0.3) is 0 Å². The lowest BCUT2D eigenvalue weighted by Gasteiger charge is -2.09. The molecule has 4 heteroatoms. The zero-order valence-electron chi connectivity index (χ0n) is 10.8. The lowest BCUT2D eigenvalue weighted by atomic mass is 10.1. The van der Waals surface area contributed by atoms with Crippen LogP contribution in [0.15, 0.2) is 18.2 Å². The van der Waals surface area contributed by atoms with E-state index in [0.29, 0.717) is 0 Å². The van der Waals surface area contributed by atoms with Crippen molar-refractivity contribution < 1.29 is 0 Å². The molecule has 1 aromatic carbocycles. The topological polar surface area (TPSA) is 42.7 Å². The van der Waals surface area contributed by atoms with Gasteiger partial charge in [-0.2, -0.15) is 5.10 Å². The Morgan fingerprint density at radius 3 is 2.59 bits per heavy atom. The minimum absolute atomic E-state index is 0.806. The van der Waals surface area contributed by atoms with E-state index in [1.807, 2.05) is 25.6 Å². The average molecular weight is 230 g/mol. The monoisotopic (exact) mass is 230 g/mol. The third-order valence-corrected chi connectivity index (χ3v) is 2.76. The fraction of sp³-hybridized carbons (Fsp3) is 0.385. The summed E-state index contributed by atoms with van der Waals surface area (Å²) in [4.78, 5) is 4.34. The first kappa shape index (κ1) is 11.8. The molecule has 0 amide bonds.